The van der Waals surface area contributed by atoms with Gasteiger partial charge in [0.1, 0.15) is 5.70 Å². The van der Waals surface area contributed by atoms with E-state index < -0.39 is 0 Å². The maximum absolute atomic E-state index is 13.5. The molecule has 0 aliphatic carbocycles. The number of fused-ring (bicyclic) bond motifs is 1. The van der Waals surface area contributed by atoms with Gasteiger partial charge in [-0.25, -0.2) is 0 Å². The second-order valence-corrected chi connectivity index (χ2v) is 9.07. The number of aromatic nitrogens is 1. The summed E-state index contributed by atoms with van der Waals surface area (Å²) in [5, 5.41) is 12.3. The van der Waals surface area contributed by atoms with Gasteiger partial charge >= 0.3 is 0 Å². The second-order valence-electron chi connectivity index (χ2n) is 8.12. The number of amides is 2. The smallest absolute Gasteiger partial charge is 0.277 e. The molecule has 0 bridgehead atoms. The molecule has 0 atom stereocenters. The Bertz CT molecular complexity index is 1160. The molecule has 3 aromatic rings. The van der Waals surface area contributed by atoms with E-state index in [1.165, 1.54) is 16.2 Å². The van der Waals surface area contributed by atoms with E-state index >= 15 is 0 Å². The zero-order chi connectivity index (χ0) is 22.1. The van der Waals surface area contributed by atoms with Crippen LogP contribution in [0.5, 0.6) is 0 Å². The zero-order valence-corrected chi connectivity index (χ0v) is 18.6. The van der Waals surface area contributed by atoms with Crippen molar-refractivity contribution in [3.05, 3.63) is 64.1 Å². The average Bonchev–Trinajstić information content (AvgIpc) is 3.53. The first-order valence-electron chi connectivity index (χ1n) is 10.9. The Kier molecular flexibility index (Phi) is 5.82. The summed E-state index contributed by atoms with van der Waals surface area (Å²) in [7, 11) is 0. The van der Waals surface area contributed by atoms with Crippen molar-refractivity contribution in [3.8, 4) is 0 Å². The molecule has 2 aliphatic rings. The fraction of sp³-hybridized carbons (Fsp3) is 0.333. The van der Waals surface area contributed by atoms with Crippen molar-refractivity contribution in [2.24, 2.45) is 0 Å². The minimum absolute atomic E-state index is 0.127. The van der Waals surface area contributed by atoms with E-state index in [1.54, 1.807) is 0 Å². The van der Waals surface area contributed by atoms with Crippen LogP contribution in [0.4, 0.5) is 0 Å². The van der Waals surface area contributed by atoms with Crippen LogP contribution in [0.3, 0.4) is 0 Å². The summed E-state index contributed by atoms with van der Waals surface area (Å²) < 4.78 is 0. The maximum Gasteiger partial charge on any atom is 0.277 e. The van der Waals surface area contributed by atoms with Crippen molar-refractivity contribution < 1.29 is 14.7 Å². The van der Waals surface area contributed by atoms with Crippen LogP contribution in [0.1, 0.15) is 10.4 Å². The minimum Gasteiger partial charge on any atom is -0.395 e. The van der Waals surface area contributed by atoms with Crippen molar-refractivity contribution in [1.29, 1.82) is 0 Å². The molecule has 1 aromatic carbocycles. The van der Waals surface area contributed by atoms with Gasteiger partial charge in [-0.15, -0.1) is 11.3 Å². The third kappa shape index (κ3) is 3.74. The summed E-state index contributed by atoms with van der Waals surface area (Å²) >= 11 is 1.49. The second kappa shape index (κ2) is 8.90. The lowest BCUT2D eigenvalue weighted by Crippen LogP contribution is -2.48. The number of aliphatic hydroxyl groups is 1. The van der Waals surface area contributed by atoms with Crippen molar-refractivity contribution in [2.45, 2.75) is 6.42 Å². The van der Waals surface area contributed by atoms with Gasteiger partial charge in [0.2, 0.25) is 0 Å². The quantitative estimate of drug-likeness (QED) is 0.540. The molecule has 2 aliphatic heterocycles. The highest BCUT2D eigenvalue weighted by Crippen LogP contribution is 2.34. The van der Waals surface area contributed by atoms with Crippen LogP contribution in [0, 0.1) is 0 Å². The largest absolute Gasteiger partial charge is 0.395 e. The third-order valence-electron chi connectivity index (χ3n) is 6.30. The third-order valence-corrected chi connectivity index (χ3v) is 7.18. The van der Waals surface area contributed by atoms with Gasteiger partial charge in [0.15, 0.2) is 0 Å². The Morgan fingerprint density at radius 3 is 2.53 bits per heavy atom. The van der Waals surface area contributed by atoms with Gasteiger partial charge in [-0.05, 0) is 29.5 Å². The van der Waals surface area contributed by atoms with Crippen LogP contribution in [-0.4, -0.2) is 82.5 Å². The molecular formula is C24H26N4O3S. The highest BCUT2D eigenvalue weighted by molar-refractivity contribution is 7.11. The number of nitrogens with zero attached hydrogens (tertiary/aromatic N) is 3. The summed E-state index contributed by atoms with van der Waals surface area (Å²) in [4.78, 5) is 36.7. The number of benzene rings is 1. The predicted octanol–water partition coefficient (Wildman–Crippen LogP) is 2.16. The SMILES string of the molecule is O=C1C(c2cccs2)=C(N2CCN(CCO)CC2)C(=O)N1CCc1c[nH]c2ccccc12. The van der Waals surface area contributed by atoms with Crippen LogP contribution in [0.25, 0.3) is 16.5 Å². The van der Waals surface area contributed by atoms with Gasteiger partial charge in [0.25, 0.3) is 11.8 Å². The summed E-state index contributed by atoms with van der Waals surface area (Å²) in [5.41, 5.74) is 3.21. The number of thiophene rings is 1. The molecule has 2 aromatic heterocycles. The zero-order valence-electron chi connectivity index (χ0n) is 17.8. The van der Waals surface area contributed by atoms with Crippen molar-refractivity contribution >= 4 is 39.6 Å². The van der Waals surface area contributed by atoms with Crippen LogP contribution in [0.15, 0.2) is 53.7 Å². The number of β-amino-alcohol motifs (C(OH)–C–C–N with tert-alkyl or cyclic N) is 1. The molecule has 32 heavy (non-hydrogen) atoms. The van der Waals surface area contributed by atoms with Gasteiger partial charge in [0, 0.05) is 61.2 Å². The standard InChI is InChI=1S/C24H26N4O3S/c29-14-13-26-9-11-27(12-10-26)22-21(20-6-3-15-32-20)23(30)28(24(22)31)8-7-17-16-25-19-5-2-1-4-18(17)19/h1-6,15-16,25,29H,7-14H2. The lowest BCUT2D eigenvalue weighted by Gasteiger charge is -2.36. The lowest BCUT2D eigenvalue weighted by atomic mass is 10.1. The Morgan fingerprint density at radius 2 is 1.78 bits per heavy atom. The van der Waals surface area contributed by atoms with Gasteiger partial charge in [-0.3, -0.25) is 19.4 Å². The fourth-order valence-corrected chi connectivity index (χ4v) is 5.37. The van der Waals surface area contributed by atoms with E-state index in [0.717, 1.165) is 34.4 Å². The molecule has 8 heteroatoms. The number of carbonyl (C=O) groups excluding carboxylic acids is 2. The number of aliphatic hydroxyl groups excluding tert-OH is 1. The Balaban J connectivity index is 1.39. The first kappa shape index (κ1) is 20.9. The van der Waals surface area contributed by atoms with E-state index in [9.17, 15) is 14.7 Å². The number of hydrogen-bond donors (Lipinski definition) is 2. The van der Waals surface area contributed by atoms with E-state index in [2.05, 4.69) is 20.9 Å². The molecule has 7 nitrogen and oxygen atoms in total. The van der Waals surface area contributed by atoms with Gasteiger partial charge < -0.3 is 15.0 Å². The lowest BCUT2D eigenvalue weighted by molar-refractivity contribution is -0.137. The number of H-pyrrole nitrogens is 1. The van der Waals surface area contributed by atoms with Crippen LogP contribution >= 0.6 is 11.3 Å². The van der Waals surface area contributed by atoms with Crippen molar-refractivity contribution in [3.63, 3.8) is 0 Å². The summed E-state index contributed by atoms with van der Waals surface area (Å²) in [6.07, 6.45) is 2.57. The Labute approximate surface area is 190 Å². The number of carbonyl (C=O) groups is 2. The van der Waals surface area contributed by atoms with Gasteiger partial charge in [-0.1, -0.05) is 24.3 Å². The molecule has 0 unspecified atom stereocenters. The number of piperazine rings is 1. The topological polar surface area (TPSA) is 79.9 Å². The number of para-hydroxylation sites is 1. The molecule has 0 spiro atoms. The van der Waals surface area contributed by atoms with E-state index in [0.29, 0.717) is 43.9 Å². The Hall–Kier alpha value is -2.94. The summed E-state index contributed by atoms with van der Waals surface area (Å²) in [6.45, 7) is 3.97. The molecule has 2 amide bonds. The number of rotatable bonds is 7. The molecule has 166 valence electrons. The number of nitrogens with one attached hydrogen (secondary N) is 1. The normalized spacial score (nSPS) is 17.9. The molecule has 1 fully saturated rings. The van der Waals surface area contributed by atoms with E-state index in [4.69, 9.17) is 0 Å². The van der Waals surface area contributed by atoms with Crippen molar-refractivity contribution in [1.82, 2.24) is 19.7 Å². The molecule has 4 heterocycles. The molecule has 0 saturated carbocycles. The summed E-state index contributed by atoms with van der Waals surface area (Å²) in [5.74, 6) is -0.404. The molecule has 5 rings (SSSR count). The maximum atomic E-state index is 13.5. The molecular weight excluding hydrogens is 424 g/mol. The first-order valence-corrected chi connectivity index (χ1v) is 11.8. The molecule has 0 radical (unpaired) electrons. The highest BCUT2D eigenvalue weighted by Gasteiger charge is 2.42. The van der Waals surface area contributed by atoms with E-state index in [1.807, 2.05) is 41.9 Å². The van der Waals surface area contributed by atoms with Crippen LogP contribution in [-0.2, 0) is 16.0 Å². The molecule has 2 N–H and O–H groups in total. The monoisotopic (exact) mass is 450 g/mol. The summed E-state index contributed by atoms with van der Waals surface area (Å²) in [6, 6.07) is 11.9. The van der Waals surface area contributed by atoms with Gasteiger partial charge in [0.05, 0.1) is 12.2 Å². The van der Waals surface area contributed by atoms with E-state index in [-0.39, 0.29) is 18.4 Å². The fourth-order valence-electron chi connectivity index (χ4n) is 4.61. The highest BCUT2D eigenvalue weighted by atomic mass is 32.1. The number of hydrogen-bond acceptors (Lipinski definition) is 6. The number of imide groups is 1. The van der Waals surface area contributed by atoms with Gasteiger partial charge in [-0.2, -0.15) is 0 Å². The predicted molar refractivity (Wildman–Crippen MR) is 125 cm³/mol. The van der Waals surface area contributed by atoms with Crippen molar-refractivity contribution in [2.75, 3.05) is 45.9 Å². The first-order chi connectivity index (χ1) is 15.7. The minimum atomic E-state index is -0.204. The van der Waals surface area contributed by atoms with Crippen LogP contribution < -0.4 is 0 Å². The molecule has 1 saturated heterocycles. The van der Waals surface area contributed by atoms with Crippen LogP contribution in [0.2, 0.25) is 0 Å². The number of aromatic amines is 1. The Morgan fingerprint density at radius 1 is 0.969 bits per heavy atom. The average molecular weight is 451 g/mol.